The van der Waals surface area contributed by atoms with Gasteiger partial charge in [0.25, 0.3) is 0 Å². The molecule has 2 rings (SSSR count). The average molecular weight is 193 g/mol. The van der Waals surface area contributed by atoms with Crippen LogP contribution in [0.2, 0.25) is 0 Å². The summed E-state index contributed by atoms with van der Waals surface area (Å²) >= 11 is 0. The van der Waals surface area contributed by atoms with E-state index in [9.17, 15) is 8.78 Å². The maximum atomic E-state index is 13.3. The van der Waals surface area contributed by atoms with Crippen molar-refractivity contribution in [1.29, 1.82) is 0 Å². The van der Waals surface area contributed by atoms with Crippen molar-refractivity contribution in [3.63, 3.8) is 0 Å². The van der Waals surface area contributed by atoms with Crippen molar-refractivity contribution in [2.75, 3.05) is 0 Å². The van der Waals surface area contributed by atoms with Crippen LogP contribution in [-0.2, 0) is 0 Å². The van der Waals surface area contributed by atoms with Crippen LogP contribution in [0.3, 0.4) is 0 Å². The fraction of sp³-hybridized carbons (Fsp3) is 0.182. The Labute approximate surface area is 80.8 Å². The Hall–Kier alpha value is -1.51. The molecular weight excluding hydrogens is 184 g/mol. The Morgan fingerprint density at radius 2 is 2.14 bits per heavy atom. The Morgan fingerprint density at radius 3 is 2.79 bits per heavy atom. The Kier molecular flexibility index (Phi) is 2.39. The minimum absolute atomic E-state index is 0.338. The van der Waals surface area contributed by atoms with E-state index in [4.69, 9.17) is 0 Å². The van der Waals surface area contributed by atoms with Gasteiger partial charge in [-0.2, -0.15) is 0 Å². The SMILES string of the molecule is FC1=CCC(c2ccccn2)C(F)=C1. The number of rotatable bonds is 1. The van der Waals surface area contributed by atoms with Crippen LogP contribution >= 0.6 is 0 Å². The van der Waals surface area contributed by atoms with E-state index in [-0.39, 0.29) is 0 Å². The molecule has 1 aliphatic carbocycles. The van der Waals surface area contributed by atoms with Crippen LogP contribution in [0.1, 0.15) is 18.0 Å². The number of nitrogens with zero attached hydrogens (tertiary/aromatic N) is 1. The summed E-state index contributed by atoms with van der Waals surface area (Å²) < 4.78 is 26.0. The molecule has 1 unspecified atom stereocenters. The summed E-state index contributed by atoms with van der Waals surface area (Å²) in [4.78, 5) is 4.05. The molecule has 0 bridgehead atoms. The minimum Gasteiger partial charge on any atom is -0.261 e. The van der Waals surface area contributed by atoms with E-state index in [0.717, 1.165) is 6.08 Å². The molecule has 1 nitrogen and oxygen atoms in total. The van der Waals surface area contributed by atoms with Crippen molar-refractivity contribution in [3.05, 3.63) is 53.9 Å². The highest BCUT2D eigenvalue weighted by Gasteiger charge is 2.20. The highest BCUT2D eigenvalue weighted by Crippen LogP contribution is 2.32. The molecule has 0 saturated heterocycles. The van der Waals surface area contributed by atoms with Gasteiger partial charge in [-0.15, -0.1) is 0 Å². The lowest BCUT2D eigenvalue weighted by Gasteiger charge is -2.15. The summed E-state index contributed by atoms with van der Waals surface area (Å²) in [6.45, 7) is 0. The number of allylic oxidation sites excluding steroid dienone is 4. The molecule has 1 aromatic heterocycles. The highest BCUT2D eigenvalue weighted by atomic mass is 19.1. The zero-order valence-corrected chi connectivity index (χ0v) is 7.45. The maximum absolute atomic E-state index is 13.3. The molecule has 1 aliphatic rings. The first-order valence-corrected chi connectivity index (χ1v) is 4.41. The van der Waals surface area contributed by atoms with E-state index in [1.807, 2.05) is 0 Å². The summed E-state index contributed by atoms with van der Waals surface area (Å²) in [5.41, 5.74) is 0.644. The quantitative estimate of drug-likeness (QED) is 0.667. The van der Waals surface area contributed by atoms with Gasteiger partial charge in [-0.1, -0.05) is 6.07 Å². The number of pyridine rings is 1. The van der Waals surface area contributed by atoms with E-state index in [2.05, 4.69) is 4.98 Å². The van der Waals surface area contributed by atoms with Gasteiger partial charge < -0.3 is 0 Å². The first kappa shape index (κ1) is 9.06. The molecular formula is C11H9F2N. The second kappa shape index (κ2) is 3.70. The van der Waals surface area contributed by atoms with Crippen molar-refractivity contribution in [2.24, 2.45) is 0 Å². The molecule has 72 valence electrons. The molecule has 14 heavy (non-hydrogen) atoms. The second-order valence-electron chi connectivity index (χ2n) is 3.16. The first-order valence-electron chi connectivity index (χ1n) is 4.41. The number of hydrogen-bond donors (Lipinski definition) is 0. The summed E-state index contributed by atoms with van der Waals surface area (Å²) in [5, 5.41) is 0. The lowest BCUT2D eigenvalue weighted by molar-refractivity contribution is 0.513. The third-order valence-corrected chi connectivity index (χ3v) is 2.20. The molecule has 0 fully saturated rings. The molecule has 1 heterocycles. The zero-order chi connectivity index (χ0) is 9.97. The lowest BCUT2D eigenvalue weighted by atomic mass is 9.95. The largest absolute Gasteiger partial charge is 0.261 e. The fourth-order valence-corrected chi connectivity index (χ4v) is 1.48. The minimum atomic E-state index is -0.505. The van der Waals surface area contributed by atoms with Gasteiger partial charge in [0.2, 0.25) is 0 Å². The van der Waals surface area contributed by atoms with E-state index in [1.54, 1.807) is 24.4 Å². The Balaban J connectivity index is 2.27. The zero-order valence-electron chi connectivity index (χ0n) is 7.45. The third kappa shape index (κ3) is 1.71. The van der Waals surface area contributed by atoms with Gasteiger partial charge in [0.05, 0.1) is 11.6 Å². The summed E-state index contributed by atoms with van der Waals surface area (Å²) in [6, 6.07) is 5.31. The molecule has 0 amide bonds. The highest BCUT2D eigenvalue weighted by molar-refractivity contribution is 5.29. The topological polar surface area (TPSA) is 12.9 Å². The van der Waals surface area contributed by atoms with Crippen LogP contribution < -0.4 is 0 Å². The molecule has 0 aliphatic heterocycles. The summed E-state index contributed by atoms with van der Waals surface area (Å²) in [6.07, 6.45) is 4.24. The lowest BCUT2D eigenvalue weighted by Crippen LogP contribution is -2.04. The fourth-order valence-electron chi connectivity index (χ4n) is 1.48. The monoisotopic (exact) mass is 193 g/mol. The van der Waals surface area contributed by atoms with Gasteiger partial charge >= 0.3 is 0 Å². The van der Waals surface area contributed by atoms with Crippen molar-refractivity contribution < 1.29 is 8.78 Å². The average Bonchev–Trinajstić information content (AvgIpc) is 2.19. The second-order valence-corrected chi connectivity index (χ2v) is 3.16. The molecule has 3 heteroatoms. The third-order valence-electron chi connectivity index (χ3n) is 2.20. The van der Waals surface area contributed by atoms with Crippen LogP contribution in [0.15, 0.2) is 48.2 Å². The molecule has 0 N–H and O–H groups in total. The van der Waals surface area contributed by atoms with Crippen LogP contribution in [-0.4, -0.2) is 4.98 Å². The van der Waals surface area contributed by atoms with Crippen molar-refractivity contribution in [1.82, 2.24) is 4.98 Å². The predicted molar refractivity (Wildman–Crippen MR) is 50.0 cm³/mol. The Morgan fingerprint density at radius 1 is 1.29 bits per heavy atom. The normalized spacial score (nSPS) is 21.4. The van der Waals surface area contributed by atoms with E-state index in [1.165, 1.54) is 6.08 Å². The van der Waals surface area contributed by atoms with Gasteiger partial charge in [0.1, 0.15) is 11.7 Å². The van der Waals surface area contributed by atoms with Gasteiger partial charge in [0, 0.05) is 12.3 Å². The van der Waals surface area contributed by atoms with Gasteiger partial charge in [-0.05, 0) is 24.6 Å². The number of aromatic nitrogens is 1. The van der Waals surface area contributed by atoms with E-state index in [0.29, 0.717) is 12.1 Å². The molecule has 0 saturated carbocycles. The number of halogens is 2. The molecule has 0 aromatic carbocycles. The van der Waals surface area contributed by atoms with Crippen molar-refractivity contribution in [2.45, 2.75) is 12.3 Å². The Bertz CT molecular complexity index is 382. The van der Waals surface area contributed by atoms with Gasteiger partial charge in [-0.3, -0.25) is 4.98 Å². The predicted octanol–water partition coefficient (Wildman–Crippen LogP) is 3.28. The van der Waals surface area contributed by atoms with Crippen molar-refractivity contribution >= 4 is 0 Å². The van der Waals surface area contributed by atoms with E-state index >= 15 is 0 Å². The van der Waals surface area contributed by atoms with Gasteiger partial charge in [0.15, 0.2) is 0 Å². The van der Waals surface area contributed by atoms with Gasteiger partial charge in [-0.25, -0.2) is 8.78 Å². The summed E-state index contributed by atoms with van der Waals surface area (Å²) in [5.74, 6) is -1.38. The molecule has 1 atom stereocenters. The van der Waals surface area contributed by atoms with Crippen LogP contribution in [0.5, 0.6) is 0 Å². The smallest absolute Gasteiger partial charge is 0.121 e. The molecule has 0 radical (unpaired) electrons. The molecule has 1 aromatic rings. The number of hydrogen-bond acceptors (Lipinski definition) is 1. The van der Waals surface area contributed by atoms with Crippen LogP contribution in [0.4, 0.5) is 8.78 Å². The standard InChI is InChI=1S/C11H9F2N/c12-8-4-5-9(10(13)7-8)11-3-1-2-6-14-11/h1-4,6-7,9H,5H2. The maximum Gasteiger partial charge on any atom is 0.121 e. The first-order chi connectivity index (χ1) is 6.77. The van der Waals surface area contributed by atoms with Crippen molar-refractivity contribution in [3.8, 4) is 0 Å². The molecule has 0 spiro atoms. The van der Waals surface area contributed by atoms with E-state index < -0.39 is 17.6 Å². The van der Waals surface area contributed by atoms with Crippen LogP contribution in [0, 0.1) is 0 Å². The summed E-state index contributed by atoms with van der Waals surface area (Å²) in [7, 11) is 0. The van der Waals surface area contributed by atoms with Crippen LogP contribution in [0.25, 0.3) is 0 Å².